The maximum absolute atomic E-state index is 14.3. The average molecular weight is 347 g/mol. The molecule has 1 aliphatic heterocycles. The van der Waals surface area contributed by atoms with E-state index in [2.05, 4.69) is 11.6 Å². The molecule has 3 rings (SSSR count). The van der Waals surface area contributed by atoms with Crippen LogP contribution in [0, 0.1) is 11.6 Å². The van der Waals surface area contributed by atoms with E-state index in [1.807, 2.05) is 6.92 Å². The van der Waals surface area contributed by atoms with E-state index in [1.165, 1.54) is 12.1 Å². The molecule has 1 aromatic carbocycles. The third-order valence-electron chi connectivity index (χ3n) is 4.11. The van der Waals surface area contributed by atoms with Gasteiger partial charge in [-0.15, -0.1) is 0 Å². The first-order valence-corrected chi connectivity index (χ1v) is 8.12. The van der Waals surface area contributed by atoms with Crippen LogP contribution in [0.1, 0.15) is 24.6 Å². The monoisotopic (exact) mass is 347 g/mol. The van der Waals surface area contributed by atoms with Crippen molar-refractivity contribution in [1.29, 1.82) is 0 Å². The molecular formula is C19H19F2NO3. The summed E-state index contributed by atoms with van der Waals surface area (Å²) in [6, 6.07) is 5.13. The second kappa shape index (κ2) is 7.19. The number of ether oxygens (including phenoxy) is 2. The molecule has 0 amide bonds. The van der Waals surface area contributed by atoms with Crippen LogP contribution >= 0.6 is 0 Å². The van der Waals surface area contributed by atoms with Crippen LogP contribution in [0.5, 0.6) is 5.88 Å². The predicted molar refractivity (Wildman–Crippen MR) is 90.1 cm³/mol. The molecule has 25 heavy (non-hydrogen) atoms. The third kappa shape index (κ3) is 3.49. The van der Waals surface area contributed by atoms with Gasteiger partial charge in [-0.1, -0.05) is 6.58 Å². The van der Waals surface area contributed by atoms with E-state index in [0.29, 0.717) is 42.3 Å². The fraction of sp³-hybridized carbons (Fsp3) is 0.316. The van der Waals surface area contributed by atoms with E-state index in [-0.39, 0.29) is 18.3 Å². The number of rotatable bonds is 5. The average Bonchev–Trinajstić information content (AvgIpc) is 2.60. The highest BCUT2D eigenvalue weighted by Crippen LogP contribution is 2.37. The molecule has 0 bridgehead atoms. The smallest absolute Gasteiger partial charge is 0.218 e. The molecule has 1 unspecified atom stereocenters. The van der Waals surface area contributed by atoms with Gasteiger partial charge in [0.25, 0.3) is 0 Å². The Balaban J connectivity index is 2.15. The summed E-state index contributed by atoms with van der Waals surface area (Å²) in [4.78, 5) is 4.41. The molecule has 6 heteroatoms. The van der Waals surface area contributed by atoms with Gasteiger partial charge < -0.3 is 14.6 Å². The summed E-state index contributed by atoms with van der Waals surface area (Å²) in [6.45, 7) is 5.94. The molecule has 1 N–H and O–H groups in total. The van der Waals surface area contributed by atoms with Crippen molar-refractivity contribution in [2.24, 2.45) is 0 Å². The molecule has 0 spiro atoms. The zero-order chi connectivity index (χ0) is 18.0. The van der Waals surface area contributed by atoms with Gasteiger partial charge in [-0.3, -0.25) is 0 Å². The number of hydrogen-bond donors (Lipinski definition) is 1. The number of nitrogens with zero attached hydrogens (tertiary/aromatic N) is 1. The summed E-state index contributed by atoms with van der Waals surface area (Å²) in [6.07, 6.45) is 0.801. The summed E-state index contributed by atoms with van der Waals surface area (Å²) >= 11 is 0. The van der Waals surface area contributed by atoms with Gasteiger partial charge in [0.1, 0.15) is 29.2 Å². The van der Waals surface area contributed by atoms with Gasteiger partial charge in [-0.05, 0) is 43.5 Å². The zero-order valence-electron chi connectivity index (χ0n) is 13.9. The first kappa shape index (κ1) is 17.4. The van der Waals surface area contributed by atoms with E-state index in [9.17, 15) is 13.9 Å². The molecule has 4 nitrogen and oxygen atoms in total. The molecule has 1 atom stereocenters. The number of benzene rings is 1. The number of fused-ring (bicyclic) bond motifs is 1. The van der Waals surface area contributed by atoms with Gasteiger partial charge in [0.2, 0.25) is 5.88 Å². The Bertz CT molecular complexity index is 807. The van der Waals surface area contributed by atoms with Gasteiger partial charge >= 0.3 is 0 Å². The van der Waals surface area contributed by atoms with Crippen molar-refractivity contribution in [3.8, 4) is 17.0 Å². The molecule has 1 aromatic heterocycles. The Kier molecular flexibility index (Phi) is 4.99. The first-order valence-electron chi connectivity index (χ1n) is 8.12. The largest absolute Gasteiger partial charge is 0.492 e. The minimum atomic E-state index is -0.661. The van der Waals surface area contributed by atoms with Gasteiger partial charge in [0, 0.05) is 17.2 Å². The Hall–Kier alpha value is -2.47. The number of aromatic nitrogens is 1. The fourth-order valence-corrected chi connectivity index (χ4v) is 2.88. The third-order valence-corrected chi connectivity index (χ3v) is 4.11. The standard InChI is InChI=1S/C19H19F2NO3/c1-3-24-11(2)18-9-16(14-6-4-12(20)8-17(14)21)15-7-5-13(10-23)25-19(15)22-18/h4,6,8-9,13,23H,2-3,5,7,10H2,1H3. The van der Waals surface area contributed by atoms with Gasteiger partial charge in [0.05, 0.1) is 13.2 Å². The van der Waals surface area contributed by atoms with Crippen molar-refractivity contribution in [3.05, 3.63) is 53.7 Å². The molecule has 2 heterocycles. The van der Waals surface area contributed by atoms with E-state index in [4.69, 9.17) is 9.47 Å². The van der Waals surface area contributed by atoms with Crippen molar-refractivity contribution in [3.63, 3.8) is 0 Å². The molecule has 0 saturated carbocycles. The Morgan fingerprint density at radius 3 is 2.84 bits per heavy atom. The van der Waals surface area contributed by atoms with E-state index in [0.717, 1.165) is 11.6 Å². The lowest BCUT2D eigenvalue weighted by Gasteiger charge is -2.26. The lowest BCUT2D eigenvalue weighted by atomic mass is 9.94. The summed E-state index contributed by atoms with van der Waals surface area (Å²) in [5, 5.41) is 9.34. The minimum Gasteiger partial charge on any atom is -0.492 e. The second-order valence-corrected chi connectivity index (χ2v) is 5.78. The Morgan fingerprint density at radius 2 is 2.16 bits per heavy atom. The lowest BCUT2D eigenvalue weighted by molar-refractivity contribution is 0.0929. The number of hydrogen-bond acceptors (Lipinski definition) is 4. The van der Waals surface area contributed by atoms with Crippen LogP contribution in [0.4, 0.5) is 8.78 Å². The van der Waals surface area contributed by atoms with Gasteiger partial charge in [0.15, 0.2) is 0 Å². The van der Waals surface area contributed by atoms with Crippen LogP contribution in [0.25, 0.3) is 16.9 Å². The van der Waals surface area contributed by atoms with Crippen LogP contribution in [-0.4, -0.2) is 29.4 Å². The van der Waals surface area contributed by atoms with Crippen LogP contribution in [0.15, 0.2) is 30.8 Å². The van der Waals surface area contributed by atoms with Crippen LogP contribution in [-0.2, 0) is 11.2 Å². The summed E-state index contributed by atoms with van der Waals surface area (Å²) in [7, 11) is 0. The van der Waals surface area contributed by atoms with Gasteiger partial charge in [-0.25, -0.2) is 13.8 Å². The molecular weight excluding hydrogens is 328 g/mol. The van der Waals surface area contributed by atoms with E-state index < -0.39 is 11.6 Å². The first-order chi connectivity index (χ1) is 12.0. The summed E-state index contributed by atoms with van der Waals surface area (Å²) in [5.41, 5.74) is 1.97. The van der Waals surface area contributed by atoms with Crippen molar-refractivity contribution in [2.75, 3.05) is 13.2 Å². The Labute approximate surface area is 144 Å². The van der Waals surface area contributed by atoms with Gasteiger partial charge in [-0.2, -0.15) is 0 Å². The fourth-order valence-electron chi connectivity index (χ4n) is 2.88. The highest BCUT2D eigenvalue weighted by atomic mass is 19.1. The van der Waals surface area contributed by atoms with Crippen LogP contribution in [0.2, 0.25) is 0 Å². The van der Waals surface area contributed by atoms with E-state index >= 15 is 0 Å². The topological polar surface area (TPSA) is 51.6 Å². The second-order valence-electron chi connectivity index (χ2n) is 5.78. The number of pyridine rings is 1. The highest BCUT2D eigenvalue weighted by Gasteiger charge is 2.26. The minimum absolute atomic E-state index is 0.127. The molecule has 132 valence electrons. The van der Waals surface area contributed by atoms with Crippen molar-refractivity contribution >= 4 is 5.76 Å². The SMILES string of the molecule is C=C(OCC)c1cc(-c2ccc(F)cc2F)c2c(n1)OC(CO)CC2. The molecule has 1 aliphatic rings. The molecule has 2 aromatic rings. The van der Waals surface area contributed by atoms with Crippen LogP contribution in [0.3, 0.4) is 0 Å². The molecule has 0 fully saturated rings. The van der Waals surface area contributed by atoms with Crippen molar-refractivity contribution < 1.29 is 23.4 Å². The quantitative estimate of drug-likeness (QED) is 0.838. The summed E-state index contributed by atoms with van der Waals surface area (Å²) in [5.74, 6) is -0.642. The zero-order valence-corrected chi connectivity index (χ0v) is 13.9. The predicted octanol–water partition coefficient (Wildman–Crippen LogP) is 3.72. The van der Waals surface area contributed by atoms with Crippen molar-refractivity contribution in [1.82, 2.24) is 4.98 Å². The maximum atomic E-state index is 14.3. The van der Waals surface area contributed by atoms with Crippen molar-refractivity contribution in [2.45, 2.75) is 25.9 Å². The molecule has 0 saturated heterocycles. The number of aliphatic hydroxyl groups excluding tert-OH is 1. The normalized spacial score (nSPS) is 16.1. The number of halogens is 2. The highest BCUT2D eigenvalue weighted by molar-refractivity contribution is 5.73. The molecule has 0 aliphatic carbocycles. The van der Waals surface area contributed by atoms with E-state index in [1.54, 1.807) is 6.07 Å². The number of aliphatic hydroxyl groups is 1. The Morgan fingerprint density at radius 1 is 1.36 bits per heavy atom. The lowest BCUT2D eigenvalue weighted by Crippen LogP contribution is -2.27. The molecule has 0 radical (unpaired) electrons. The van der Waals surface area contributed by atoms with Crippen LogP contribution < -0.4 is 4.74 Å². The maximum Gasteiger partial charge on any atom is 0.218 e. The summed E-state index contributed by atoms with van der Waals surface area (Å²) < 4.78 is 38.7.